The van der Waals surface area contributed by atoms with Gasteiger partial charge < -0.3 is 19.7 Å². The average molecular weight is 461 g/mol. The SMILES string of the molecule is COc1cc2c(cc1OC)CN(C(=O)CC(NC(C)=O)c1ccc(Br)cc1)CC2. The monoisotopic (exact) mass is 460 g/mol. The highest BCUT2D eigenvalue weighted by atomic mass is 79.9. The summed E-state index contributed by atoms with van der Waals surface area (Å²) in [5, 5.41) is 2.90. The number of amides is 2. The Morgan fingerprint density at radius 2 is 1.72 bits per heavy atom. The Bertz CT molecular complexity index is 898. The lowest BCUT2D eigenvalue weighted by Gasteiger charge is -2.31. The third-order valence-electron chi connectivity index (χ3n) is 5.10. The maximum absolute atomic E-state index is 13.0. The summed E-state index contributed by atoms with van der Waals surface area (Å²) < 4.78 is 11.7. The fourth-order valence-corrected chi connectivity index (χ4v) is 3.86. The molecule has 0 bridgehead atoms. The zero-order valence-electron chi connectivity index (χ0n) is 16.8. The number of hydrogen-bond acceptors (Lipinski definition) is 4. The summed E-state index contributed by atoms with van der Waals surface area (Å²) in [6.07, 6.45) is 0.967. The van der Waals surface area contributed by atoms with Gasteiger partial charge in [0.15, 0.2) is 11.5 Å². The number of nitrogens with zero attached hydrogens (tertiary/aromatic N) is 1. The van der Waals surface area contributed by atoms with E-state index >= 15 is 0 Å². The Morgan fingerprint density at radius 3 is 2.31 bits per heavy atom. The molecule has 1 aliphatic rings. The molecule has 7 heteroatoms. The van der Waals surface area contributed by atoms with Gasteiger partial charge in [-0.3, -0.25) is 9.59 Å². The molecular weight excluding hydrogens is 436 g/mol. The van der Waals surface area contributed by atoms with Crippen LogP contribution in [0.3, 0.4) is 0 Å². The maximum atomic E-state index is 13.0. The Morgan fingerprint density at radius 1 is 1.10 bits per heavy atom. The van der Waals surface area contributed by atoms with Crippen LogP contribution in [-0.2, 0) is 22.6 Å². The van der Waals surface area contributed by atoms with E-state index in [0.29, 0.717) is 24.6 Å². The van der Waals surface area contributed by atoms with Crippen LogP contribution >= 0.6 is 15.9 Å². The summed E-state index contributed by atoms with van der Waals surface area (Å²) in [6.45, 7) is 2.61. The fourth-order valence-electron chi connectivity index (χ4n) is 3.59. The molecule has 1 N–H and O–H groups in total. The van der Waals surface area contributed by atoms with E-state index < -0.39 is 0 Å². The predicted octanol–water partition coefficient (Wildman–Crippen LogP) is 3.62. The van der Waals surface area contributed by atoms with E-state index in [2.05, 4.69) is 21.2 Å². The summed E-state index contributed by atoms with van der Waals surface area (Å²) in [4.78, 5) is 26.5. The van der Waals surface area contributed by atoms with E-state index in [-0.39, 0.29) is 24.3 Å². The minimum Gasteiger partial charge on any atom is -0.493 e. The molecule has 0 aromatic heterocycles. The Kier molecular flexibility index (Phi) is 6.79. The first-order chi connectivity index (χ1) is 13.9. The number of ether oxygens (including phenoxy) is 2. The lowest BCUT2D eigenvalue weighted by Crippen LogP contribution is -2.39. The van der Waals surface area contributed by atoms with Crippen molar-refractivity contribution < 1.29 is 19.1 Å². The van der Waals surface area contributed by atoms with Crippen LogP contribution in [0.4, 0.5) is 0 Å². The lowest BCUT2D eigenvalue weighted by molar-refractivity contribution is -0.133. The average Bonchev–Trinajstić information content (AvgIpc) is 2.71. The van der Waals surface area contributed by atoms with Gasteiger partial charge in [-0.15, -0.1) is 0 Å². The number of nitrogens with one attached hydrogen (secondary N) is 1. The van der Waals surface area contributed by atoms with Crippen LogP contribution in [-0.4, -0.2) is 37.5 Å². The molecule has 0 saturated carbocycles. The molecule has 0 spiro atoms. The van der Waals surface area contributed by atoms with Crippen molar-refractivity contribution in [3.8, 4) is 11.5 Å². The summed E-state index contributed by atoms with van der Waals surface area (Å²) in [7, 11) is 3.22. The second-order valence-corrected chi connectivity index (χ2v) is 7.97. The topological polar surface area (TPSA) is 67.9 Å². The Hall–Kier alpha value is -2.54. The fraction of sp³-hybridized carbons (Fsp3) is 0.364. The first kappa shape index (κ1) is 21.2. The van der Waals surface area contributed by atoms with Crippen LogP contribution in [0.2, 0.25) is 0 Å². The first-order valence-corrected chi connectivity index (χ1v) is 10.2. The summed E-state index contributed by atoms with van der Waals surface area (Å²) in [6, 6.07) is 11.2. The van der Waals surface area contributed by atoms with Crippen molar-refractivity contribution >= 4 is 27.7 Å². The van der Waals surface area contributed by atoms with Crippen molar-refractivity contribution in [3.63, 3.8) is 0 Å². The summed E-state index contributed by atoms with van der Waals surface area (Å²) >= 11 is 3.41. The van der Waals surface area contributed by atoms with E-state index in [4.69, 9.17) is 9.47 Å². The van der Waals surface area contributed by atoms with Crippen LogP contribution in [0.25, 0.3) is 0 Å². The number of halogens is 1. The molecule has 2 amide bonds. The number of fused-ring (bicyclic) bond motifs is 1. The van der Waals surface area contributed by atoms with Crippen molar-refractivity contribution in [1.29, 1.82) is 0 Å². The molecule has 29 heavy (non-hydrogen) atoms. The molecule has 1 heterocycles. The van der Waals surface area contributed by atoms with Crippen LogP contribution < -0.4 is 14.8 Å². The number of hydrogen-bond donors (Lipinski definition) is 1. The van der Waals surface area contributed by atoms with Gasteiger partial charge >= 0.3 is 0 Å². The molecule has 1 unspecified atom stereocenters. The van der Waals surface area contributed by atoms with Gasteiger partial charge in [-0.1, -0.05) is 28.1 Å². The van der Waals surface area contributed by atoms with E-state index in [1.165, 1.54) is 6.92 Å². The molecule has 6 nitrogen and oxygen atoms in total. The number of methoxy groups -OCH3 is 2. The zero-order valence-corrected chi connectivity index (χ0v) is 18.4. The number of benzene rings is 2. The van der Waals surface area contributed by atoms with E-state index in [1.807, 2.05) is 41.3 Å². The number of carbonyl (C=O) groups is 2. The van der Waals surface area contributed by atoms with E-state index in [1.54, 1.807) is 14.2 Å². The molecule has 0 radical (unpaired) electrons. The van der Waals surface area contributed by atoms with Gasteiger partial charge in [-0.25, -0.2) is 0 Å². The molecule has 0 saturated heterocycles. The van der Waals surface area contributed by atoms with Gasteiger partial charge in [0.1, 0.15) is 0 Å². The molecule has 2 aromatic rings. The van der Waals surface area contributed by atoms with Crippen molar-refractivity contribution in [2.45, 2.75) is 32.4 Å². The first-order valence-electron chi connectivity index (χ1n) is 9.45. The minimum atomic E-state index is -0.361. The van der Waals surface area contributed by atoms with Crippen molar-refractivity contribution in [2.24, 2.45) is 0 Å². The third kappa shape index (κ3) is 5.09. The highest BCUT2D eigenvalue weighted by Crippen LogP contribution is 2.33. The standard InChI is InChI=1S/C22H25BrN2O4/c1-14(26)24-19(15-4-6-18(23)7-5-15)12-22(27)25-9-8-16-10-20(28-2)21(29-3)11-17(16)13-25/h4-7,10-11,19H,8-9,12-13H2,1-3H3,(H,24,26). The normalized spacial score (nSPS) is 14.0. The smallest absolute Gasteiger partial charge is 0.225 e. The summed E-state index contributed by atoms with van der Waals surface area (Å²) in [5.74, 6) is 1.21. The van der Waals surface area contributed by atoms with Gasteiger partial charge in [0, 0.05) is 24.5 Å². The third-order valence-corrected chi connectivity index (χ3v) is 5.63. The van der Waals surface area contributed by atoms with Crippen molar-refractivity contribution in [2.75, 3.05) is 20.8 Å². The quantitative estimate of drug-likeness (QED) is 0.714. The Labute approximate surface area is 179 Å². The molecule has 0 fully saturated rings. The second-order valence-electron chi connectivity index (χ2n) is 7.05. The van der Waals surface area contributed by atoms with Gasteiger partial charge in [0.2, 0.25) is 11.8 Å². The number of rotatable bonds is 6. The summed E-state index contributed by atoms with van der Waals surface area (Å²) in [5.41, 5.74) is 3.13. The minimum absolute atomic E-state index is 0.00658. The second kappa shape index (κ2) is 9.31. The highest BCUT2D eigenvalue weighted by molar-refractivity contribution is 9.10. The molecule has 154 valence electrons. The van der Waals surface area contributed by atoms with Crippen LogP contribution in [0.15, 0.2) is 40.9 Å². The highest BCUT2D eigenvalue weighted by Gasteiger charge is 2.26. The van der Waals surface area contributed by atoms with E-state index in [9.17, 15) is 9.59 Å². The van der Waals surface area contributed by atoms with Gasteiger partial charge in [-0.05, 0) is 47.4 Å². The maximum Gasteiger partial charge on any atom is 0.225 e. The Balaban J connectivity index is 1.75. The number of carbonyl (C=O) groups excluding carboxylic acids is 2. The molecule has 1 aliphatic heterocycles. The molecule has 0 aliphatic carbocycles. The largest absolute Gasteiger partial charge is 0.493 e. The zero-order chi connectivity index (χ0) is 21.0. The van der Waals surface area contributed by atoms with Crippen LogP contribution in [0.5, 0.6) is 11.5 Å². The predicted molar refractivity (Wildman–Crippen MR) is 114 cm³/mol. The molecule has 1 atom stereocenters. The van der Waals surface area contributed by atoms with Gasteiger partial charge in [0.25, 0.3) is 0 Å². The van der Waals surface area contributed by atoms with Crippen LogP contribution in [0, 0.1) is 0 Å². The van der Waals surface area contributed by atoms with Crippen molar-refractivity contribution in [3.05, 3.63) is 57.6 Å². The van der Waals surface area contributed by atoms with Crippen LogP contribution in [0.1, 0.15) is 36.1 Å². The molecular formula is C22H25BrN2O4. The molecule has 2 aromatic carbocycles. The molecule has 3 rings (SSSR count). The lowest BCUT2D eigenvalue weighted by atomic mass is 9.97. The van der Waals surface area contributed by atoms with Gasteiger partial charge in [0.05, 0.1) is 26.7 Å². The van der Waals surface area contributed by atoms with Gasteiger partial charge in [-0.2, -0.15) is 0 Å². The van der Waals surface area contributed by atoms with E-state index in [0.717, 1.165) is 27.6 Å². The van der Waals surface area contributed by atoms with Crippen molar-refractivity contribution in [1.82, 2.24) is 10.2 Å².